The molecule has 1 aliphatic heterocycles. The lowest BCUT2D eigenvalue weighted by molar-refractivity contribution is -0.123. The Morgan fingerprint density at radius 3 is 2.12 bits per heavy atom. The summed E-state index contributed by atoms with van der Waals surface area (Å²) < 4.78 is 0. The van der Waals surface area contributed by atoms with Crippen molar-refractivity contribution in [2.24, 2.45) is 17.6 Å². The van der Waals surface area contributed by atoms with Gasteiger partial charge in [-0.15, -0.1) is 0 Å². The number of primary amides is 1. The van der Waals surface area contributed by atoms with E-state index < -0.39 is 5.91 Å². The van der Waals surface area contributed by atoms with E-state index in [2.05, 4.69) is 0 Å². The molecule has 86 valence electrons. The van der Waals surface area contributed by atoms with Gasteiger partial charge in [0.05, 0.1) is 17.5 Å². The van der Waals surface area contributed by atoms with Crippen LogP contribution in [0.25, 0.3) is 0 Å². The molecular formula is C12H10N2O3. The number of carbonyl (C=O) groups excluding carboxylic acids is 3. The topological polar surface area (TPSA) is 80.5 Å². The summed E-state index contributed by atoms with van der Waals surface area (Å²) in [6, 6.07) is 6.17. The van der Waals surface area contributed by atoms with E-state index in [4.69, 9.17) is 5.73 Å². The van der Waals surface area contributed by atoms with E-state index in [0.717, 1.165) is 0 Å². The minimum Gasteiger partial charge on any atom is -0.366 e. The first-order valence-electron chi connectivity index (χ1n) is 5.37. The predicted molar refractivity (Wildman–Crippen MR) is 59.0 cm³/mol. The van der Waals surface area contributed by atoms with Gasteiger partial charge < -0.3 is 5.73 Å². The minimum atomic E-state index is -0.529. The highest BCUT2D eigenvalue weighted by atomic mass is 16.2. The number of hydrogen-bond donors (Lipinski definition) is 1. The molecule has 1 aromatic rings. The van der Waals surface area contributed by atoms with Gasteiger partial charge in [0, 0.05) is 5.56 Å². The smallest absolute Gasteiger partial charge is 0.248 e. The molecule has 2 fully saturated rings. The van der Waals surface area contributed by atoms with Crippen molar-refractivity contribution >= 4 is 23.4 Å². The van der Waals surface area contributed by atoms with Gasteiger partial charge in [-0.3, -0.25) is 19.3 Å². The van der Waals surface area contributed by atoms with Crippen molar-refractivity contribution in [2.75, 3.05) is 4.90 Å². The minimum absolute atomic E-state index is 0.113. The zero-order valence-electron chi connectivity index (χ0n) is 8.92. The van der Waals surface area contributed by atoms with Crippen LogP contribution in [-0.2, 0) is 9.59 Å². The highest BCUT2D eigenvalue weighted by Crippen LogP contribution is 2.48. The number of piperidine rings is 1. The number of fused-ring (bicyclic) bond motifs is 1. The Labute approximate surface area is 97.2 Å². The molecule has 2 N–H and O–H groups in total. The molecule has 1 saturated heterocycles. The quantitative estimate of drug-likeness (QED) is 0.742. The Balaban J connectivity index is 1.92. The average molecular weight is 230 g/mol. The van der Waals surface area contributed by atoms with Crippen molar-refractivity contribution in [3.05, 3.63) is 29.8 Å². The third-order valence-electron chi connectivity index (χ3n) is 3.28. The third-order valence-corrected chi connectivity index (χ3v) is 3.28. The van der Waals surface area contributed by atoms with E-state index in [1.807, 2.05) is 0 Å². The maximum atomic E-state index is 11.8. The number of imide groups is 1. The third kappa shape index (κ3) is 1.35. The van der Waals surface area contributed by atoms with Crippen LogP contribution in [0.5, 0.6) is 0 Å². The van der Waals surface area contributed by atoms with Crippen LogP contribution in [0.15, 0.2) is 24.3 Å². The van der Waals surface area contributed by atoms with Crippen molar-refractivity contribution in [3.63, 3.8) is 0 Å². The van der Waals surface area contributed by atoms with Crippen LogP contribution in [-0.4, -0.2) is 17.7 Å². The molecule has 1 heterocycles. The zero-order valence-corrected chi connectivity index (χ0v) is 8.92. The first-order chi connectivity index (χ1) is 8.09. The molecule has 3 rings (SSSR count). The number of rotatable bonds is 2. The fraction of sp³-hybridized carbons (Fsp3) is 0.250. The van der Waals surface area contributed by atoms with Crippen molar-refractivity contribution in [1.29, 1.82) is 0 Å². The van der Waals surface area contributed by atoms with Crippen LogP contribution in [0.3, 0.4) is 0 Å². The highest BCUT2D eigenvalue weighted by Gasteiger charge is 2.59. The molecule has 0 aromatic heterocycles. The van der Waals surface area contributed by atoms with Crippen molar-refractivity contribution < 1.29 is 14.4 Å². The number of amides is 3. The predicted octanol–water partition coefficient (Wildman–Crippen LogP) is 0.295. The summed E-state index contributed by atoms with van der Waals surface area (Å²) in [5.74, 6) is -1.02. The van der Waals surface area contributed by atoms with Crippen LogP contribution in [0.2, 0.25) is 0 Å². The largest absolute Gasteiger partial charge is 0.366 e. The second-order valence-electron chi connectivity index (χ2n) is 4.37. The fourth-order valence-corrected chi connectivity index (χ4v) is 2.21. The zero-order chi connectivity index (χ0) is 12.2. The van der Waals surface area contributed by atoms with Gasteiger partial charge in [0.25, 0.3) is 0 Å². The van der Waals surface area contributed by atoms with Crippen LogP contribution >= 0.6 is 0 Å². The summed E-state index contributed by atoms with van der Waals surface area (Å²) >= 11 is 0. The van der Waals surface area contributed by atoms with E-state index in [1.54, 1.807) is 12.1 Å². The van der Waals surface area contributed by atoms with E-state index in [1.165, 1.54) is 17.0 Å². The van der Waals surface area contributed by atoms with E-state index in [0.29, 0.717) is 17.7 Å². The lowest BCUT2D eigenvalue weighted by Gasteiger charge is -2.16. The lowest BCUT2D eigenvalue weighted by Crippen LogP contribution is -2.32. The second-order valence-corrected chi connectivity index (χ2v) is 4.37. The van der Waals surface area contributed by atoms with Crippen molar-refractivity contribution in [1.82, 2.24) is 0 Å². The summed E-state index contributed by atoms with van der Waals surface area (Å²) in [6.07, 6.45) is 0.688. The summed E-state index contributed by atoms with van der Waals surface area (Å²) in [4.78, 5) is 35.7. The van der Waals surface area contributed by atoms with Crippen LogP contribution < -0.4 is 10.6 Å². The number of hydrogen-bond acceptors (Lipinski definition) is 3. The van der Waals surface area contributed by atoms with Gasteiger partial charge in [-0.25, -0.2) is 0 Å². The van der Waals surface area contributed by atoms with E-state index in [-0.39, 0.29) is 23.7 Å². The second kappa shape index (κ2) is 3.16. The molecule has 0 bridgehead atoms. The van der Waals surface area contributed by atoms with Crippen molar-refractivity contribution in [2.45, 2.75) is 6.42 Å². The molecule has 2 aliphatic rings. The molecule has 0 radical (unpaired) electrons. The number of carbonyl (C=O) groups is 3. The molecule has 17 heavy (non-hydrogen) atoms. The number of nitrogens with zero attached hydrogens (tertiary/aromatic N) is 1. The Hall–Kier alpha value is -2.17. The van der Waals surface area contributed by atoms with Gasteiger partial charge in [-0.1, -0.05) is 0 Å². The van der Waals surface area contributed by atoms with E-state index >= 15 is 0 Å². The Morgan fingerprint density at radius 1 is 1.12 bits per heavy atom. The normalized spacial score (nSPS) is 26.0. The maximum Gasteiger partial charge on any atom is 0.248 e. The molecular weight excluding hydrogens is 220 g/mol. The summed E-state index contributed by atoms with van der Waals surface area (Å²) in [7, 11) is 0. The summed E-state index contributed by atoms with van der Waals surface area (Å²) in [6.45, 7) is 0. The Bertz CT molecular complexity index is 515. The Morgan fingerprint density at radius 2 is 1.65 bits per heavy atom. The van der Waals surface area contributed by atoms with Gasteiger partial charge >= 0.3 is 0 Å². The van der Waals surface area contributed by atoms with Gasteiger partial charge in [0.1, 0.15) is 0 Å². The standard InChI is InChI=1S/C12H10N2O3/c13-10(15)6-1-3-7(4-2-6)14-11(16)8-5-9(8)12(14)17/h1-4,8-9H,5H2,(H2,13,15)/t8-,9+. The molecule has 5 nitrogen and oxygen atoms in total. The molecule has 2 atom stereocenters. The molecule has 0 spiro atoms. The number of benzene rings is 1. The molecule has 1 aromatic carbocycles. The first kappa shape index (κ1) is 10.0. The molecule has 0 unspecified atom stereocenters. The van der Waals surface area contributed by atoms with Crippen LogP contribution in [0.4, 0.5) is 5.69 Å². The fourth-order valence-electron chi connectivity index (χ4n) is 2.21. The van der Waals surface area contributed by atoms with Gasteiger partial charge in [-0.2, -0.15) is 0 Å². The molecule has 1 saturated carbocycles. The lowest BCUT2D eigenvalue weighted by atomic mass is 10.2. The maximum absolute atomic E-state index is 11.8. The summed E-state index contributed by atoms with van der Waals surface area (Å²) in [5, 5.41) is 0. The molecule has 3 amide bonds. The van der Waals surface area contributed by atoms with Gasteiger partial charge in [-0.05, 0) is 30.7 Å². The number of anilines is 1. The van der Waals surface area contributed by atoms with Gasteiger partial charge in [0.15, 0.2) is 0 Å². The molecule has 5 heteroatoms. The average Bonchev–Trinajstić information content (AvgIpc) is 3.05. The van der Waals surface area contributed by atoms with Crippen LogP contribution in [0, 0.1) is 11.8 Å². The highest BCUT2D eigenvalue weighted by molar-refractivity contribution is 6.24. The van der Waals surface area contributed by atoms with Gasteiger partial charge in [0.2, 0.25) is 17.7 Å². The summed E-state index contributed by atoms with van der Waals surface area (Å²) in [5.41, 5.74) is 5.99. The first-order valence-corrected chi connectivity index (χ1v) is 5.37. The van der Waals surface area contributed by atoms with Crippen LogP contribution in [0.1, 0.15) is 16.8 Å². The van der Waals surface area contributed by atoms with E-state index in [9.17, 15) is 14.4 Å². The Kier molecular flexibility index (Phi) is 1.86. The SMILES string of the molecule is NC(=O)c1ccc(N2C(=O)[C@H]3C[C@H]3C2=O)cc1. The molecule has 1 aliphatic carbocycles. The monoisotopic (exact) mass is 230 g/mol. The van der Waals surface area contributed by atoms with Crippen molar-refractivity contribution in [3.8, 4) is 0 Å². The number of nitrogens with two attached hydrogens (primary N) is 1.